The molecule has 0 aliphatic carbocycles. The average Bonchev–Trinajstić information content (AvgIpc) is 2.89. The van der Waals surface area contributed by atoms with E-state index in [1.54, 1.807) is 0 Å². The van der Waals surface area contributed by atoms with E-state index in [0.717, 1.165) is 24.5 Å². The normalized spacial score (nSPS) is 28.4. The van der Waals surface area contributed by atoms with Crippen LogP contribution in [0, 0.1) is 5.92 Å². The lowest BCUT2D eigenvalue weighted by atomic mass is 10.1. The fraction of sp³-hybridized carbons (Fsp3) is 0.625. The molecule has 2 unspecified atom stereocenters. The van der Waals surface area contributed by atoms with E-state index in [0.29, 0.717) is 0 Å². The molecule has 0 aromatic heterocycles. The van der Waals surface area contributed by atoms with Gasteiger partial charge < -0.3 is 0 Å². The monoisotopic (exact) mass is 244 g/mol. The summed E-state index contributed by atoms with van der Waals surface area (Å²) >= 11 is 0. The lowest BCUT2D eigenvalue weighted by Gasteiger charge is -2.35. The first-order chi connectivity index (χ1) is 8.72. The summed E-state index contributed by atoms with van der Waals surface area (Å²) in [6.07, 6.45) is 1.39. The molecule has 0 saturated carbocycles. The van der Waals surface area contributed by atoms with Gasteiger partial charge in [0.25, 0.3) is 0 Å². The van der Waals surface area contributed by atoms with Crippen molar-refractivity contribution in [3.63, 3.8) is 0 Å². The highest BCUT2D eigenvalue weighted by Gasteiger charge is 2.42. The summed E-state index contributed by atoms with van der Waals surface area (Å²) in [5.74, 6) is 0.798. The molecule has 2 saturated heterocycles. The van der Waals surface area contributed by atoms with E-state index in [2.05, 4.69) is 54.0 Å². The van der Waals surface area contributed by atoms with Gasteiger partial charge in [-0.05, 0) is 17.9 Å². The van der Waals surface area contributed by atoms with Gasteiger partial charge in [-0.1, -0.05) is 44.2 Å². The third-order valence-electron chi connectivity index (χ3n) is 4.30. The van der Waals surface area contributed by atoms with Gasteiger partial charge >= 0.3 is 0 Å². The fourth-order valence-electron chi connectivity index (χ4n) is 3.54. The second-order valence-corrected chi connectivity index (χ2v) is 6.31. The van der Waals surface area contributed by atoms with Gasteiger partial charge in [0, 0.05) is 38.3 Å². The largest absolute Gasteiger partial charge is 0.297 e. The molecule has 2 nitrogen and oxygen atoms in total. The van der Waals surface area contributed by atoms with E-state index in [4.69, 9.17) is 0 Å². The highest BCUT2D eigenvalue weighted by atomic mass is 15.3. The van der Waals surface area contributed by atoms with E-state index < -0.39 is 0 Å². The van der Waals surface area contributed by atoms with Crippen LogP contribution >= 0.6 is 0 Å². The molecular weight excluding hydrogens is 220 g/mol. The SMILES string of the molecule is CC(C)CN1CC2CC1CN2Cc1ccccc1. The molecule has 18 heavy (non-hydrogen) atoms. The van der Waals surface area contributed by atoms with Crippen LogP contribution in [0.1, 0.15) is 25.8 Å². The van der Waals surface area contributed by atoms with Crippen molar-refractivity contribution in [3.05, 3.63) is 35.9 Å². The molecule has 2 aliphatic rings. The number of rotatable bonds is 4. The number of likely N-dealkylation sites (tertiary alicyclic amines) is 2. The molecule has 0 amide bonds. The van der Waals surface area contributed by atoms with Crippen LogP contribution in [0.25, 0.3) is 0 Å². The Morgan fingerprint density at radius 2 is 1.72 bits per heavy atom. The van der Waals surface area contributed by atoms with Crippen molar-refractivity contribution in [2.45, 2.75) is 38.9 Å². The summed E-state index contributed by atoms with van der Waals surface area (Å²) < 4.78 is 0. The maximum atomic E-state index is 2.71. The van der Waals surface area contributed by atoms with Crippen molar-refractivity contribution in [3.8, 4) is 0 Å². The zero-order valence-electron chi connectivity index (χ0n) is 11.5. The summed E-state index contributed by atoms with van der Waals surface area (Å²) in [7, 11) is 0. The Hall–Kier alpha value is -0.860. The lowest BCUT2D eigenvalue weighted by molar-refractivity contribution is 0.113. The number of benzene rings is 1. The van der Waals surface area contributed by atoms with Crippen LogP contribution in [0.3, 0.4) is 0 Å². The lowest BCUT2D eigenvalue weighted by Crippen LogP contribution is -2.46. The van der Waals surface area contributed by atoms with Gasteiger partial charge in [0.2, 0.25) is 0 Å². The van der Waals surface area contributed by atoms with Crippen molar-refractivity contribution in [2.24, 2.45) is 5.92 Å². The van der Waals surface area contributed by atoms with Crippen molar-refractivity contribution in [1.82, 2.24) is 9.80 Å². The van der Waals surface area contributed by atoms with Gasteiger partial charge in [-0.15, -0.1) is 0 Å². The quantitative estimate of drug-likeness (QED) is 0.803. The van der Waals surface area contributed by atoms with Gasteiger partial charge in [-0.2, -0.15) is 0 Å². The summed E-state index contributed by atoms with van der Waals surface area (Å²) in [4.78, 5) is 5.38. The molecule has 2 bridgehead atoms. The van der Waals surface area contributed by atoms with Crippen LogP contribution in [-0.2, 0) is 6.54 Å². The van der Waals surface area contributed by atoms with E-state index in [9.17, 15) is 0 Å². The molecule has 98 valence electrons. The average molecular weight is 244 g/mol. The number of nitrogens with zero attached hydrogens (tertiary/aromatic N) is 2. The molecule has 2 heteroatoms. The third kappa shape index (κ3) is 2.45. The predicted octanol–water partition coefficient (Wildman–Crippen LogP) is 2.60. The van der Waals surface area contributed by atoms with Crippen LogP contribution in [0.5, 0.6) is 0 Å². The first-order valence-corrected chi connectivity index (χ1v) is 7.24. The van der Waals surface area contributed by atoms with Crippen molar-refractivity contribution < 1.29 is 0 Å². The Balaban J connectivity index is 1.58. The molecule has 0 N–H and O–H groups in total. The number of fused-ring (bicyclic) bond motifs is 2. The Bertz CT molecular complexity index is 387. The molecular formula is C16H24N2. The highest BCUT2D eigenvalue weighted by molar-refractivity contribution is 5.15. The minimum Gasteiger partial charge on any atom is -0.297 e. The molecule has 2 atom stereocenters. The van der Waals surface area contributed by atoms with Crippen molar-refractivity contribution in [1.29, 1.82) is 0 Å². The van der Waals surface area contributed by atoms with E-state index >= 15 is 0 Å². The van der Waals surface area contributed by atoms with Crippen LogP contribution in [0.2, 0.25) is 0 Å². The maximum absolute atomic E-state index is 2.71. The summed E-state index contributed by atoms with van der Waals surface area (Å²) in [5.41, 5.74) is 1.46. The van der Waals surface area contributed by atoms with E-state index in [-0.39, 0.29) is 0 Å². The van der Waals surface area contributed by atoms with Crippen LogP contribution < -0.4 is 0 Å². The van der Waals surface area contributed by atoms with Crippen LogP contribution in [0.4, 0.5) is 0 Å². The molecule has 2 heterocycles. The standard InChI is InChI=1S/C16H24N2/c1-13(2)9-17-11-16-8-15(17)12-18(16)10-14-6-4-3-5-7-14/h3-7,13,15-16H,8-12H2,1-2H3. The van der Waals surface area contributed by atoms with E-state index in [1.807, 2.05) is 0 Å². The summed E-state index contributed by atoms with van der Waals surface area (Å²) in [5, 5.41) is 0. The summed E-state index contributed by atoms with van der Waals surface area (Å²) in [6, 6.07) is 12.5. The number of hydrogen-bond donors (Lipinski definition) is 0. The highest BCUT2D eigenvalue weighted by Crippen LogP contribution is 2.32. The first kappa shape index (κ1) is 12.2. The second kappa shape index (κ2) is 5.02. The number of hydrogen-bond acceptors (Lipinski definition) is 2. The first-order valence-electron chi connectivity index (χ1n) is 7.24. The smallest absolute Gasteiger partial charge is 0.0242 e. The molecule has 2 aliphatic heterocycles. The fourth-order valence-corrected chi connectivity index (χ4v) is 3.54. The molecule has 1 aromatic rings. The maximum Gasteiger partial charge on any atom is 0.0242 e. The zero-order valence-corrected chi connectivity index (χ0v) is 11.5. The Labute approximate surface area is 111 Å². The van der Waals surface area contributed by atoms with Gasteiger partial charge in [-0.25, -0.2) is 0 Å². The third-order valence-corrected chi connectivity index (χ3v) is 4.30. The Morgan fingerprint density at radius 1 is 1.06 bits per heavy atom. The predicted molar refractivity (Wildman–Crippen MR) is 75.5 cm³/mol. The Morgan fingerprint density at radius 3 is 2.33 bits per heavy atom. The van der Waals surface area contributed by atoms with Gasteiger partial charge in [0.05, 0.1) is 0 Å². The second-order valence-electron chi connectivity index (χ2n) is 6.31. The van der Waals surface area contributed by atoms with Crippen molar-refractivity contribution >= 4 is 0 Å². The Kier molecular flexibility index (Phi) is 3.40. The minimum absolute atomic E-state index is 0.798. The van der Waals surface area contributed by atoms with Gasteiger partial charge in [0.15, 0.2) is 0 Å². The minimum atomic E-state index is 0.798. The molecule has 3 rings (SSSR count). The summed E-state index contributed by atoms with van der Waals surface area (Å²) in [6.45, 7) is 9.63. The van der Waals surface area contributed by atoms with Gasteiger partial charge in [-0.3, -0.25) is 9.80 Å². The molecule has 2 fully saturated rings. The van der Waals surface area contributed by atoms with Gasteiger partial charge in [0.1, 0.15) is 0 Å². The zero-order chi connectivity index (χ0) is 12.5. The van der Waals surface area contributed by atoms with E-state index in [1.165, 1.54) is 31.6 Å². The molecule has 0 radical (unpaired) electrons. The topological polar surface area (TPSA) is 6.48 Å². The molecule has 1 aromatic carbocycles. The van der Waals surface area contributed by atoms with Crippen molar-refractivity contribution in [2.75, 3.05) is 19.6 Å². The van der Waals surface area contributed by atoms with Crippen LogP contribution in [0.15, 0.2) is 30.3 Å². The molecule has 0 spiro atoms. The van der Waals surface area contributed by atoms with Crippen LogP contribution in [-0.4, -0.2) is 41.5 Å². The number of piperazine rings is 1.